The standard InChI is InChI=1S/C13H17NO2/c1-9-4-5-10-6-7-13(12(15)16,14(2)3)11(10)8-9/h4-5,8H,6-7H2,1-3H3,(H,15,16). The highest BCUT2D eigenvalue weighted by molar-refractivity contribution is 5.82. The Morgan fingerprint density at radius 2 is 2.12 bits per heavy atom. The molecule has 2 rings (SSSR count). The summed E-state index contributed by atoms with van der Waals surface area (Å²) in [5, 5.41) is 9.53. The average molecular weight is 219 g/mol. The van der Waals surface area contributed by atoms with Crippen LogP contribution in [0.1, 0.15) is 23.1 Å². The molecule has 0 aromatic heterocycles. The van der Waals surface area contributed by atoms with Crippen LogP contribution in [0.15, 0.2) is 18.2 Å². The molecule has 0 spiro atoms. The maximum Gasteiger partial charge on any atom is 0.328 e. The van der Waals surface area contributed by atoms with Crippen LogP contribution in [0.4, 0.5) is 0 Å². The van der Waals surface area contributed by atoms with E-state index < -0.39 is 11.5 Å². The summed E-state index contributed by atoms with van der Waals surface area (Å²) in [6, 6.07) is 6.11. The van der Waals surface area contributed by atoms with Crippen LogP contribution >= 0.6 is 0 Å². The molecule has 0 saturated carbocycles. The molecule has 0 fully saturated rings. The Hall–Kier alpha value is -1.35. The molecule has 1 N–H and O–H groups in total. The lowest BCUT2D eigenvalue weighted by atomic mass is 9.89. The fourth-order valence-electron chi connectivity index (χ4n) is 2.62. The lowest BCUT2D eigenvalue weighted by Crippen LogP contribution is -2.46. The maximum atomic E-state index is 11.6. The molecular formula is C13H17NO2. The molecule has 1 aliphatic rings. The average Bonchev–Trinajstić information content (AvgIpc) is 2.57. The van der Waals surface area contributed by atoms with Crippen LogP contribution in [0.5, 0.6) is 0 Å². The summed E-state index contributed by atoms with van der Waals surface area (Å²) >= 11 is 0. The Labute approximate surface area is 95.7 Å². The molecule has 0 saturated heterocycles. The van der Waals surface area contributed by atoms with E-state index in [1.807, 2.05) is 38.1 Å². The van der Waals surface area contributed by atoms with Crippen molar-refractivity contribution in [3.63, 3.8) is 0 Å². The zero-order valence-electron chi connectivity index (χ0n) is 9.95. The van der Waals surface area contributed by atoms with Gasteiger partial charge in [-0.25, -0.2) is 4.79 Å². The van der Waals surface area contributed by atoms with Gasteiger partial charge in [-0.1, -0.05) is 23.8 Å². The molecule has 0 radical (unpaired) electrons. The van der Waals surface area contributed by atoms with Gasteiger partial charge in [-0.2, -0.15) is 0 Å². The lowest BCUT2D eigenvalue weighted by Gasteiger charge is -2.33. The molecule has 1 aromatic carbocycles. The van der Waals surface area contributed by atoms with Gasteiger partial charge in [0, 0.05) is 0 Å². The smallest absolute Gasteiger partial charge is 0.328 e. The number of carboxylic acids is 1. The van der Waals surface area contributed by atoms with Crippen molar-refractivity contribution < 1.29 is 9.90 Å². The van der Waals surface area contributed by atoms with E-state index in [9.17, 15) is 9.90 Å². The fourth-order valence-corrected chi connectivity index (χ4v) is 2.62. The minimum atomic E-state index is -0.832. The second-order valence-corrected chi connectivity index (χ2v) is 4.72. The summed E-state index contributed by atoms with van der Waals surface area (Å²) in [7, 11) is 3.68. The summed E-state index contributed by atoms with van der Waals surface area (Å²) in [6.45, 7) is 2.00. The fraction of sp³-hybridized carbons (Fsp3) is 0.462. The summed E-state index contributed by atoms with van der Waals surface area (Å²) in [6.07, 6.45) is 1.51. The van der Waals surface area contributed by atoms with E-state index in [-0.39, 0.29) is 0 Å². The number of aryl methyl sites for hydroxylation is 2. The number of aliphatic carboxylic acids is 1. The van der Waals surface area contributed by atoms with E-state index in [0.717, 1.165) is 17.5 Å². The van der Waals surface area contributed by atoms with Crippen molar-refractivity contribution >= 4 is 5.97 Å². The molecule has 0 aliphatic heterocycles. The van der Waals surface area contributed by atoms with Crippen molar-refractivity contribution in [2.24, 2.45) is 0 Å². The number of nitrogens with zero attached hydrogens (tertiary/aromatic N) is 1. The van der Waals surface area contributed by atoms with Crippen LogP contribution in [-0.2, 0) is 16.8 Å². The molecule has 1 aromatic rings. The Morgan fingerprint density at radius 3 is 2.69 bits per heavy atom. The molecule has 0 heterocycles. The van der Waals surface area contributed by atoms with E-state index in [2.05, 4.69) is 6.07 Å². The van der Waals surface area contributed by atoms with Crippen molar-refractivity contribution in [3.05, 3.63) is 34.9 Å². The highest BCUT2D eigenvalue weighted by atomic mass is 16.4. The van der Waals surface area contributed by atoms with Gasteiger partial charge in [-0.15, -0.1) is 0 Å². The van der Waals surface area contributed by atoms with Crippen LogP contribution in [0.3, 0.4) is 0 Å². The Morgan fingerprint density at radius 1 is 1.44 bits per heavy atom. The first kappa shape index (κ1) is 11.1. The molecule has 0 amide bonds. The third kappa shape index (κ3) is 1.35. The minimum Gasteiger partial charge on any atom is -0.480 e. The number of carboxylic acid groups (broad SMARTS) is 1. The van der Waals surface area contributed by atoms with E-state index >= 15 is 0 Å². The van der Waals surface area contributed by atoms with E-state index in [1.54, 1.807) is 0 Å². The predicted molar refractivity (Wildman–Crippen MR) is 62.5 cm³/mol. The predicted octanol–water partition coefficient (Wildman–Crippen LogP) is 1.78. The van der Waals surface area contributed by atoms with Gasteiger partial charge < -0.3 is 5.11 Å². The Bertz CT molecular complexity index is 440. The first-order chi connectivity index (χ1) is 7.48. The number of benzene rings is 1. The minimum absolute atomic E-state index is 0.661. The van der Waals surface area contributed by atoms with Gasteiger partial charge >= 0.3 is 5.97 Å². The van der Waals surface area contributed by atoms with Crippen molar-refractivity contribution in [3.8, 4) is 0 Å². The number of hydrogen-bond donors (Lipinski definition) is 1. The van der Waals surface area contributed by atoms with E-state index in [1.165, 1.54) is 5.56 Å². The first-order valence-electron chi connectivity index (χ1n) is 5.49. The second kappa shape index (κ2) is 3.59. The van der Waals surface area contributed by atoms with Crippen LogP contribution < -0.4 is 0 Å². The van der Waals surface area contributed by atoms with Gasteiger partial charge in [0.25, 0.3) is 0 Å². The highest BCUT2D eigenvalue weighted by Gasteiger charge is 2.47. The van der Waals surface area contributed by atoms with Gasteiger partial charge in [-0.3, -0.25) is 4.90 Å². The molecule has 1 unspecified atom stereocenters. The van der Waals surface area contributed by atoms with Crippen LogP contribution in [-0.4, -0.2) is 30.1 Å². The number of likely N-dealkylation sites (N-methyl/N-ethyl adjacent to an activating group) is 1. The SMILES string of the molecule is Cc1ccc2c(c1)C(C(=O)O)(N(C)C)CC2. The summed E-state index contributed by atoms with van der Waals surface area (Å²) < 4.78 is 0. The molecule has 1 aliphatic carbocycles. The highest BCUT2D eigenvalue weighted by Crippen LogP contribution is 2.41. The molecule has 86 valence electrons. The molecular weight excluding hydrogens is 202 g/mol. The lowest BCUT2D eigenvalue weighted by molar-refractivity contribution is -0.150. The molecule has 1 atom stereocenters. The van der Waals surface area contributed by atoms with Crippen molar-refractivity contribution in [2.45, 2.75) is 25.3 Å². The van der Waals surface area contributed by atoms with Gasteiger partial charge in [0.2, 0.25) is 0 Å². The number of carbonyl (C=O) groups is 1. The van der Waals surface area contributed by atoms with Crippen molar-refractivity contribution in [2.75, 3.05) is 14.1 Å². The zero-order chi connectivity index (χ0) is 11.9. The summed E-state index contributed by atoms with van der Waals surface area (Å²) in [4.78, 5) is 13.4. The van der Waals surface area contributed by atoms with Crippen LogP contribution in [0.25, 0.3) is 0 Å². The second-order valence-electron chi connectivity index (χ2n) is 4.72. The van der Waals surface area contributed by atoms with Gasteiger partial charge in [0.15, 0.2) is 0 Å². The number of rotatable bonds is 2. The summed E-state index contributed by atoms with van der Waals surface area (Å²) in [5.74, 6) is -0.748. The largest absolute Gasteiger partial charge is 0.480 e. The van der Waals surface area contributed by atoms with Crippen LogP contribution in [0.2, 0.25) is 0 Å². The number of hydrogen-bond acceptors (Lipinski definition) is 2. The first-order valence-corrected chi connectivity index (χ1v) is 5.49. The number of fused-ring (bicyclic) bond motifs is 1. The molecule has 16 heavy (non-hydrogen) atoms. The van der Waals surface area contributed by atoms with E-state index in [0.29, 0.717) is 6.42 Å². The molecule has 3 heteroatoms. The Kier molecular flexibility index (Phi) is 2.50. The van der Waals surface area contributed by atoms with Gasteiger partial charge in [0.05, 0.1) is 0 Å². The van der Waals surface area contributed by atoms with Gasteiger partial charge in [-0.05, 0) is 45.0 Å². The molecule has 3 nitrogen and oxygen atoms in total. The van der Waals surface area contributed by atoms with E-state index in [4.69, 9.17) is 0 Å². The maximum absolute atomic E-state index is 11.6. The monoisotopic (exact) mass is 219 g/mol. The van der Waals surface area contributed by atoms with Crippen LogP contribution in [0, 0.1) is 6.92 Å². The third-order valence-electron chi connectivity index (χ3n) is 3.58. The van der Waals surface area contributed by atoms with Crippen molar-refractivity contribution in [1.29, 1.82) is 0 Å². The van der Waals surface area contributed by atoms with Gasteiger partial charge in [0.1, 0.15) is 5.54 Å². The summed E-state index contributed by atoms with van der Waals surface area (Å²) in [5.41, 5.74) is 2.42. The zero-order valence-corrected chi connectivity index (χ0v) is 9.95. The normalized spacial score (nSPS) is 23.5. The quantitative estimate of drug-likeness (QED) is 0.824. The topological polar surface area (TPSA) is 40.5 Å². The third-order valence-corrected chi connectivity index (χ3v) is 3.58. The molecule has 0 bridgehead atoms. The van der Waals surface area contributed by atoms with Crippen molar-refractivity contribution in [1.82, 2.24) is 4.90 Å². The Balaban J connectivity index is 2.63.